The number of benzene rings is 3. The van der Waals surface area contributed by atoms with Crippen molar-refractivity contribution in [2.45, 2.75) is 24.9 Å². The Morgan fingerprint density at radius 2 is 1.72 bits per heavy atom. The molecule has 3 aromatic rings. The molecule has 3 heterocycles. The number of phenols is 2. The molecule has 10 nitrogen and oxygen atoms in total. The van der Waals surface area contributed by atoms with Crippen molar-refractivity contribution >= 4 is 35.1 Å². The minimum absolute atomic E-state index is 0.209. The van der Waals surface area contributed by atoms with Crippen LogP contribution in [0.3, 0.4) is 0 Å². The maximum atomic E-state index is 14.1. The van der Waals surface area contributed by atoms with Gasteiger partial charge < -0.3 is 20.3 Å². The first-order chi connectivity index (χ1) is 18.8. The Morgan fingerprint density at radius 3 is 2.44 bits per heavy atom. The van der Waals surface area contributed by atoms with Crippen molar-refractivity contribution < 1.29 is 34.1 Å². The molecule has 4 N–H and O–H groups in total. The predicted molar refractivity (Wildman–Crippen MR) is 139 cm³/mol. The van der Waals surface area contributed by atoms with Crippen molar-refractivity contribution in [2.24, 2.45) is 11.8 Å². The highest BCUT2D eigenvalue weighted by Gasteiger charge is 2.70. The average molecular weight is 528 g/mol. The quantitative estimate of drug-likeness (QED) is 0.225. The van der Waals surface area contributed by atoms with Gasteiger partial charge in [0.25, 0.3) is 0 Å². The van der Waals surface area contributed by atoms with Gasteiger partial charge in [-0.2, -0.15) is 0 Å². The molecule has 3 aromatic carbocycles. The molecule has 2 saturated heterocycles. The van der Waals surface area contributed by atoms with E-state index in [0.29, 0.717) is 16.8 Å². The normalized spacial score (nSPS) is 25.1. The van der Waals surface area contributed by atoms with Gasteiger partial charge in [-0.1, -0.05) is 24.3 Å². The van der Waals surface area contributed by atoms with Crippen LogP contribution < -0.4 is 15.5 Å². The summed E-state index contributed by atoms with van der Waals surface area (Å²) in [5.41, 5.74) is 0.859. The number of hydrogen-bond donors (Lipinski definition) is 4. The van der Waals surface area contributed by atoms with Gasteiger partial charge in [-0.25, -0.2) is 9.69 Å². The number of carbonyl (C=O) groups is 4. The van der Waals surface area contributed by atoms with E-state index in [1.807, 2.05) is 0 Å². The lowest BCUT2D eigenvalue weighted by Crippen LogP contribution is -2.53. The molecule has 0 aliphatic carbocycles. The highest BCUT2D eigenvalue weighted by atomic mass is 16.5. The first-order valence-electron chi connectivity index (χ1n) is 12.6. The number of rotatable bonds is 5. The zero-order chi connectivity index (χ0) is 27.5. The van der Waals surface area contributed by atoms with Gasteiger partial charge in [0.1, 0.15) is 5.54 Å². The lowest BCUT2D eigenvalue weighted by Gasteiger charge is -2.29. The molecule has 198 valence electrons. The van der Waals surface area contributed by atoms with Crippen LogP contribution in [0.1, 0.15) is 28.4 Å². The van der Waals surface area contributed by atoms with Crippen LogP contribution in [-0.4, -0.2) is 46.6 Å². The third-order valence-electron chi connectivity index (χ3n) is 7.75. The minimum Gasteiger partial charge on any atom is -0.504 e. The highest BCUT2D eigenvalue weighted by molar-refractivity contribution is 6.25. The van der Waals surface area contributed by atoms with E-state index in [0.717, 1.165) is 4.90 Å². The van der Waals surface area contributed by atoms with Gasteiger partial charge in [0, 0.05) is 17.3 Å². The van der Waals surface area contributed by atoms with Gasteiger partial charge in [0.15, 0.2) is 11.5 Å². The number of imide groups is 1. The number of ether oxygens (including phenoxy) is 1. The Hall–Kier alpha value is -4.70. The van der Waals surface area contributed by atoms with E-state index in [4.69, 9.17) is 4.74 Å². The Labute approximate surface area is 223 Å². The van der Waals surface area contributed by atoms with E-state index in [9.17, 15) is 29.4 Å². The second-order valence-corrected chi connectivity index (χ2v) is 9.87. The van der Waals surface area contributed by atoms with Crippen molar-refractivity contribution in [1.29, 1.82) is 0 Å². The van der Waals surface area contributed by atoms with Crippen molar-refractivity contribution in [3.8, 4) is 11.5 Å². The molecule has 10 heteroatoms. The standard InChI is InChI=1S/C29H25N3O7/c1-2-39-27(37)16-8-10-17(11-9-16)32-25(35)23-20(13-15-7-12-21(33)22(34)14-15)31-29(24(23)26(32)36)18-5-3-4-6-19(18)30-28(29)38/h3-12,14,20,23-24,31,33-34H,2,13H2,1H3,(H,30,38)/t20-,23+,24-,29+/m0/s1. The fourth-order valence-corrected chi connectivity index (χ4v) is 6.10. The summed E-state index contributed by atoms with van der Waals surface area (Å²) in [7, 11) is 0. The van der Waals surface area contributed by atoms with Gasteiger partial charge >= 0.3 is 5.97 Å². The summed E-state index contributed by atoms with van der Waals surface area (Å²) in [5.74, 6) is -4.44. The zero-order valence-corrected chi connectivity index (χ0v) is 20.9. The number of aromatic hydroxyl groups is 2. The van der Waals surface area contributed by atoms with Crippen LogP contribution in [0.2, 0.25) is 0 Å². The molecular weight excluding hydrogens is 502 g/mol. The number of hydrogen-bond acceptors (Lipinski definition) is 8. The summed E-state index contributed by atoms with van der Waals surface area (Å²) in [6.07, 6.45) is 0.209. The van der Waals surface area contributed by atoms with Crippen LogP contribution >= 0.6 is 0 Å². The van der Waals surface area contributed by atoms with Gasteiger partial charge in [-0.3, -0.25) is 19.7 Å². The molecule has 4 atom stereocenters. The number of phenolic OH excluding ortho intramolecular Hbond substituents is 2. The van der Waals surface area contributed by atoms with Gasteiger partial charge in [0.05, 0.1) is 29.7 Å². The SMILES string of the molecule is CCOC(=O)c1ccc(N2C(=O)[C@@H]3[C@H](Cc4ccc(O)c(O)c4)N[C@@]4(C(=O)Nc5ccccc54)[C@@H]3C2=O)cc1. The number of fused-ring (bicyclic) bond motifs is 4. The van der Waals surface area contributed by atoms with Gasteiger partial charge in [0.2, 0.25) is 17.7 Å². The zero-order valence-electron chi connectivity index (χ0n) is 20.9. The van der Waals surface area contributed by atoms with E-state index in [1.54, 1.807) is 37.3 Å². The van der Waals surface area contributed by atoms with Crippen LogP contribution in [0, 0.1) is 11.8 Å². The molecule has 3 aliphatic rings. The van der Waals surface area contributed by atoms with E-state index >= 15 is 0 Å². The van der Waals surface area contributed by atoms with Crippen LogP contribution in [0.5, 0.6) is 11.5 Å². The number of carbonyl (C=O) groups excluding carboxylic acids is 4. The topological polar surface area (TPSA) is 145 Å². The van der Waals surface area contributed by atoms with Crippen molar-refractivity contribution in [2.75, 3.05) is 16.8 Å². The summed E-state index contributed by atoms with van der Waals surface area (Å²) >= 11 is 0. The van der Waals surface area contributed by atoms with Crippen molar-refractivity contribution in [3.63, 3.8) is 0 Å². The Bertz CT molecular complexity index is 1540. The van der Waals surface area contributed by atoms with Crippen LogP contribution in [0.25, 0.3) is 0 Å². The largest absolute Gasteiger partial charge is 0.504 e. The number of nitrogens with zero attached hydrogens (tertiary/aromatic N) is 1. The molecule has 0 saturated carbocycles. The number of nitrogens with one attached hydrogen (secondary N) is 2. The maximum absolute atomic E-state index is 14.1. The molecule has 1 spiro atoms. The second-order valence-electron chi connectivity index (χ2n) is 9.87. The molecule has 39 heavy (non-hydrogen) atoms. The third-order valence-corrected chi connectivity index (χ3v) is 7.75. The first-order valence-corrected chi connectivity index (χ1v) is 12.6. The van der Waals surface area contributed by atoms with E-state index < -0.39 is 47.1 Å². The third kappa shape index (κ3) is 3.59. The number of amides is 3. The second kappa shape index (κ2) is 8.95. The number of anilines is 2. The average Bonchev–Trinajstić information content (AvgIpc) is 3.50. The van der Waals surface area contributed by atoms with E-state index in [2.05, 4.69) is 10.6 Å². The minimum atomic E-state index is -1.47. The fourth-order valence-electron chi connectivity index (χ4n) is 6.10. The smallest absolute Gasteiger partial charge is 0.338 e. The molecule has 6 rings (SSSR count). The summed E-state index contributed by atoms with van der Waals surface area (Å²) in [4.78, 5) is 54.8. The molecule has 0 aromatic heterocycles. The summed E-state index contributed by atoms with van der Waals surface area (Å²) in [5, 5.41) is 26.0. The first kappa shape index (κ1) is 24.6. The Morgan fingerprint density at radius 1 is 0.974 bits per heavy atom. The lowest BCUT2D eigenvalue weighted by atomic mass is 9.76. The van der Waals surface area contributed by atoms with Crippen molar-refractivity contribution in [3.05, 3.63) is 83.4 Å². The van der Waals surface area contributed by atoms with Gasteiger partial charge in [-0.05, 0) is 61.4 Å². The maximum Gasteiger partial charge on any atom is 0.338 e. The van der Waals surface area contributed by atoms with Crippen LogP contribution in [0.4, 0.5) is 11.4 Å². The molecule has 0 unspecified atom stereocenters. The molecular formula is C29H25N3O7. The van der Waals surface area contributed by atoms with E-state index in [-0.39, 0.29) is 35.8 Å². The van der Waals surface area contributed by atoms with Gasteiger partial charge in [-0.15, -0.1) is 0 Å². The molecule has 0 bridgehead atoms. The highest BCUT2D eigenvalue weighted by Crippen LogP contribution is 2.53. The number of para-hydroxylation sites is 1. The Kier molecular flexibility index (Phi) is 5.65. The molecule has 3 amide bonds. The van der Waals surface area contributed by atoms with Crippen LogP contribution in [0.15, 0.2) is 66.7 Å². The van der Waals surface area contributed by atoms with Crippen LogP contribution in [-0.2, 0) is 31.1 Å². The number of esters is 1. The monoisotopic (exact) mass is 527 g/mol. The predicted octanol–water partition coefficient (Wildman–Crippen LogP) is 2.44. The summed E-state index contributed by atoms with van der Waals surface area (Å²) in [6, 6.07) is 16.8. The summed E-state index contributed by atoms with van der Waals surface area (Å²) < 4.78 is 5.02. The molecule has 3 aliphatic heterocycles. The Balaban J connectivity index is 1.42. The fraction of sp³-hybridized carbons (Fsp3) is 0.241. The van der Waals surface area contributed by atoms with E-state index in [1.165, 1.54) is 36.4 Å². The van der Waals surface area contributed by atoms with Crippen molar-refractivity contribution in [1.82, 2.24) is 5.32 Å². The lowest BCUT2D eigenvalue weighted by molar-refractivity contribution is -0.130. The summed E-state index contributed by atoms with van der Waals surface area (Å²) in [6.45, 7) is 1.91. The molecule has 2 fully saturated rings. The molecule has 0 radical (unpaired) electrons.